The third-order valence-electron chi connectivity index (χ3n) is 2.48. The molecule has 0 fully saturated rings. The Morgan fingerprint density at radius 1 is 1.45 bits per heavy atom. The van der Waals surface area contributed by atoms with Gasteiger partial charge in [0, 0.05) is 19.5 Å². The van der Waals surface area contributed by atoms with Crippen molar-refractivity contribution in [3.63, 3.8) is 0 Å². The number of aromatic nitrogens is 2. The van der Waals surface area contributed by atoms with Crippen LogP contribution in [0.4, 0.5) is 0 Å². The Morgan fingerprint density at radius 3 is 2.60 bits per heavy atom. The Kier molecular flexibility index (Phi) is 4.95. The summed E-state index contributed by atoms with van der Waals surface area (Å²) in [5.41, 5.74) is 4.43. The fourth-order valence-corrected chi connectivity index (χ4v) is 1.40. The summed E-state index contributed by atoms with van der Waals surface area (Å²) >= 11 is 0. The van der Waals surface area contributed by atoms with Crippen molar-refractivity contribution in [1.29, 1.82) is 0 Å². The van der Waals surface area contributed by atoms with Gasteiger partial charge in [0.2, 0.25) is 5.91 Å². The largest absolute Gasteiger partial charge is 0.480 e. The van der Waals surface area contributed by atoms with Crippen molar-refractivity contribution in [3.05, 3.63) is 28.2 Å². The molecule has 0 aliphatic heterocycles. The van der Waals surface area contributed by atoms with Crippen molar-refractivity contribution >= 4 is 17.8 Å². The van der Waals surface area contributed by atoms with Crippen LogP contribution in [0.5, 0.6) is 0 Å². The molecule has 9 nitrogen and oxygen atoms in total. The van der Waals surface area contributed by atoms with Crippen LogP contribution in [-0.2, 0) is 16.6 Å². The summed E-state index contributed by atoms with van der Waals surface area (Å²) in [4.78, 5) is 44.5. The maximum absolute atomic E-state index is 11.8. The second kappa shape index (κ2) is 6.45. The summed E-state index contributed by atoms with van der Waals surface area (Å²) in [6.07, 6.45) is -0.292. The highest BCUT2D eigenvalue weighted by atomic mass is 16.4. The highest BCUT2D eigenvalue weighted by Gasteiger charge is 2.22. The van der Waals surface area contributed by atoms with E-state index in [1.165, 1.54) is 13.1 Å². The Hall–Kier alpha value is -2.71. The number of aliphatic carboxylic acids is 1. The number of primary amides is 1. The average Bonchev–Trinajstić information content (AvgIpc) is 2.36. The maximum Gasteiger partial charge on any atom is 0.326 e. The number of aryl methyl sites for hydroxylation is 1. The van der Waals surface area contributed by atoms with Crippen LogP contribution < -0.4 is 16.6 Å². The van der Waals surface area contributed by atoms with Gasteiger partial charge in [0.15, 0.2) is 0 Å². The minimum Gasteiger partial charge on any atom is -0.480 e. The molecular weight excluding hydrogens is 268 g/mol. The highest BCUT2D eigenvalue weighted by Crippen LogP contribution is 2.00. The number of nitrogens with two attached hydrogens (primary N) is 1. The molecule has 1 aromatic rings. The van der Waals surface area contributed by atoms with Gasteiger partial charge in [-0.25, -0.2) is 9.48 Å². The number of carbonyl (C=O) groups is 3. The number of carbonyl (C=O) groups excluding carboxylic acids is 2. The Bertz CT molecular complexity index is 595. The van der Waals surface area contributed by atoms with E-state index in [2.05, 4.69) is 10.4 Å². The SMILES string of the molecule is Cn1nc(C(=O)N[C@@H](CCC(N)=O)C(=O)O)ccc1=O. The van der Waals surface area contributed by atoms with Crippen molar-refractivity contribution < 1.29 is 19.5 Å². The first kappa shape index (κ1) is 15.3. The zero-order valence-electron chi connectivity index (χ0n) is 10.7. The van der Waals surface area contributed by atoms with Crippen molar-refractivity contribution in [3.8, 4) is 0 Å². The number of nitrogens with one attached hydrogen (secondary N) is 1. The smallest absolute Gasteiger partial charge is 0.326 e. The fraction of sp³-hybridized carbons (Fsp3) is 0.364. The van der Waals surface area contributed by atoms with E-state index in [9.17, 15) is 19.2 Å². The number of hydrogen-bond acceptors (Lipinski definition) is 5. The molecule has 0 saturated heterocycles. The maximum atomic E-state index is 11.8. The lowest BCUT2D eigenvalue weighted by molar-refractivity contribution is -0.139. The predicted molar refractivity (Wildman–Crippen MR) is 66.8 cm³/mol. The number of nitrogens with zero attached hydrogens (tertiary/aromatic N) is 2. The average molecular weight is 282 g/mol. The van der Waals surface area contributed by atoms with E-state index in [4.69, 9.17) is 10.8 Å². The minimum atomic E-state index is -1.29. The van der Waals surface area contributed by atoms with Crippen LogP contribution in [0.1, 0.15) is 23.3 Å². The molecule has 1 heterocycles. The van der Waals surface area contributed by atoms with Crippen LogP contribution in [0.3, 0.4) is 0 Å². The quantitative estimate of drug-likeness (QED) is 0.563. The lowest BCUT2D eigenvalue weighted by atomic mass is 10.1. The van der Waals surface area contributed by atoms with Crippen LogP contribution in [0.15, 0.2) is 16.9 Å². The van der Waals surface area contributed by atoms with Gasteiger partial charge in [0.25, 0.3) is 11.5 Å². The first-order valence-corrected chi connectivity index (χ1v) is 5.67. The summed E-state index contributed by atoms with van der Waals surface area (Å²) in [5.74, 6) is -2.70. The molecule has 0 aromatic carbocycles. The third-order valence-corrected chi connectivity index (χ3v) is 2.48. The number of carboxylic acid groups (broad SMARTS) is 1. The summed E-state index contributed by atoms with van der Waals surface area (Å²) in [6.45, 7) is 0. The topological polar surface area (TPSA) is 144 Å². The van der Waals surface area contributed by atoms with E-state index in [1.54, 1.807) is 0 Å². The molecule has 4 N–H and O–H groups in total. The zero-order chi connectivity index (χ0) is 15.3. The number of hydrogen-bond donors (Lipinski definition) is 3. The molecule has 1 atom stereocenters. The first-order valence-electron chi connectivity index (χ1n) is 5.67. The molecule has 1 rings (SSSR count). The molecule has 0 spiro atoms. The molecular formula is C11H14N4O5. The van der Waals surface area contributed by atoms with Crippen molar-refractivity contribution in [2.45, 2.75) is 18.9 Å². The molecule has 0 bridgehead atoms. The predicted octanol–water partition coefficient (Wildman–Crippen LogP) is -1.77. The Balaban J connectivity index is 2.79. The molecule has 0 aliphatic rings. The second-order valence-electron chi connectivity index (χ2n) is 4.05. The molecule has 0 radical (unpaired) electrons. The van der Waals surface area contributed by atoms with E-state index in [0.29, 0.717) is 0 Å². The van der Waals surface area contributed by atoms with Crippen molar-refractivity contribution in [2.75, 3.05) is 0 Å². The molecule has 0 unspecified atom stereocenters. The molecule has 9 heteroatoms. The Morgan fingerprint density at radius 2 is 2.10 bits per heavy atom. The van der Waals surface area contributed by atoms with Gasteiger partial charge < -0.3 is 16.2 Å². The van der Waals surface area contributed by atoms with Gasteiger partial charge in [-0.05, 0) is 12.5 Å². The molecule has 0 saturated carbocycles. The summed E-state index contributed by atoms with van der Waals surface area (Å²) in [5, 5.41) is 14.8. The van der Waals surface area contributed by atoms with E-state index in [-0.39, 0.29) is 18.5 Å². The molecule has 2 amide bonds. The van der Waals surface area contributed by atoms with Crippen molar-refractivity contribution in [2.24, 2.45) is 12.8 Å². The van der Waals surface area contributed by atoms with Gasteiger partial charge in [0.1, 0.15) is 11.7 Å². The van der Waals surface area contributed by atoms with Crippen LogP contribution in [-0.4, -0.2) is 38.7 Å². The third kappa shape index (κ3) is 4.19. The van der Waals surface area contributed by atoms with Gasteiger partial charge in [-0.15, -0.1) is 0 Å². The number of carboxylic acids is 1. The van der Waals surface area contributed by atoms with Gasteiger partial charge in [-0.3, -0.25) is 14.4 Å². The highest BCUT2D eigenvalue weighted by molar-refractivity contribution is 5.94. The van der Waals surface area contributed by atoms with Gasteiger partial charge in [-0.2, -0.15) is 5.10 Å². The molecule has 0 aliphatic carbocycles. The summed E-state index contributed by atoms with van der Waals surface area (Å²) in [7, 11) is 1.36. The summed E-state index contributed by atoms with van der Waals surface area (Å²) < 4.78 is 0.952. The van der Waals surface area contributed by atoms with Crippen molar-refractivity contribution in [1.82, 2.24) is 15.1 Å². The van der Waals surface area contributed by atoms with Crippen LogP contribution in [0.25, 0.3) is 0 Å². The number of rotatable bonds is 6. The number of amides is 2. The Labute approximate surface area is 113 Å². The van der Waals surface area contributed by atoms with E-state index < -0.39 is 29.4 Å². The van der Waals surface area contributed by atoms with Gasteiger partial charge >= 0.3 is 5.97 Å². The van der Waals surface area contributed by atoms with Crippen LogP contribution in [0.2, 0.25) is 0 Å². The molecule has 20 heavy (non-hydrogen) atoms. The molecule has 1 aromatic heterocycles. The van der Waals surface area contributed by atoms with Crippen LogP contribution >= 0.6 is 0 Å². The fourth-order valence-electron chi connectivity index (χ4n) is 1.40. The molecule has 108 valence electrons. The normalized spacial score (nSPS) is 11.7. The lowest BCUT2D eigenvalue weighted by Gasteiger charge is -2.13. The lowest BCUT2D eigenvalue weighted by Crippen LogP contribution is -2.42. The van der Waals surface area contributed by atoms with E-state index in [1.807, 2.05) is 0 Å². The van der Waals surface area contributed by atoms with Gasteiger partial charge in [0.05, 0.1) is 0 Å². The van der Waals surface area contributed by atoms with Gasteiger partial charge in [-0.1, -0.05) is 0 Å². The van der Waals surface area contributed by atoms with E-state index >= 15 is 0 Å². The zero-order valence-corrected chi connectivity index (χ0v) is 10.7. The van der Waals surface area contributed by atoms with E-state index in [0.717, 1.165) is 10.7 Å². The monoisotopic (exact) mass is 282 g/mol. The second-order valence-corrected chi connectivity index (χ2v) is 4.05. The van der Waals surface area contributed by atoms with Crippen LogP contribution in [0, 0.1) is 0 Å². The minimum absolute atomic E-state index is 0.0996. The first-order chi connectivity index (χ1) is 9.31. The summed E-state index contributed by atoms with van der Waals surface area (Å²) in [6, 6.07) is 1.07. The standard InChI is InChI=1S/C11H14N4O5/c1-15-9(17)5-3-6(14-15)10(18)13-7(11(19)20)2-4-8(12)16/h3,5,7H,2,4H2,1H3,(H2,12,16)(H,13,18)(H,19,20)/t7-/m0/s1.